The van der Waals surface area contributed by atoms with Crippen LogP contribution in [0.4, 0.5) is 0 Å². The average molecular weight is 232 g/mol. The van der Waals surface area contributed by atoms with Gasteiger partial charge in [0.15, 0.2) is 5.76 Å². The number of hydrogen-bond donors (Lipinski definition) is 1. The second-order valence-corrected chi connectivity index (χ2v) is 6.77. The maximum atomic E-state index is 5.47. The normalized spacial score (nSPS) is 43.2. The zero-order valence-electron chi connectivity index (χ0n) is 10.4. The Bertz CT molecular complexity index is 360. The van der Waals surface area contributed by atoms with Crippen molar-refractivity contribution in [1.82, 2.24) is 0 Å². The Morgan fingerprint density at radius 3 is 2.29 bits per heavy atom. The number of hydrogen-bond acceptors (Lipinski definition) is 1. The van der Waals surface area contributed by atoms with E-state index in [2.05, 4.69) is 11.4 Å². The highest BCUT2D eigenvalue weighted by molar-refractivity contribution is 5.02. The first kappa shape index (κ1) is 10.2. The Kier molecular flexibility index (Phi) is 2.17. The molecule has 0 aromatic carbocycles. The number of quaternary nitrogens is 1. The molecular formula is C15H22NO+. The molecule has 4 aliphatic rings. The van der Waals surface area contributed by atoms with Crippen molar-refractivity contribution in [2.75, 3.05) is 0 Å². The summed E-state index contributed by atoms with van der Waals surface area (Å²) in [5.74, 6) is 4.29. The molecule has 0 amide bonds. The van der Waals surface area contributed by atoms with Gasteiger partial charge in [0.25, 0.3) is 0 Å². The van der Waals surface area contributed by atoms with E-state index >= 15 is 0 Å². The molecule has 1 aromatic rings. The summed E-state index contributed by atoms with van der Waals surface area (Å²) in [5, 5.41) is 2.61. The van der Waals surface area contributed by atoms with E-state index in [-0.39, 0.29) is 0 Å². The monoisotopic (exact) mass is 232 g/mol. The minimum Gasteiger partial charge on any atom is -0.463 e. The van der Waals surface area contributed by atoms with Gasteiger partial charge in [-0.3, -0.25) is 0 Å². The molecule has 0 unspecified atom stereocenters. The van der Waals surface area contributed by atoms with E-state index in [9.17, 15) is 0 Å². The minimum atomic E-state index is 0.585. The van der Waals surface area contributed by atoms with Crippen molar-refractivity contribution in [1.29, 1.82) is 0 Å². The van der Waals surface area contributed by atoms with Gasteiger partial charge in [0.2, 0.25) is 0 Å². The lowest BCUT2D eigenvalue weighted by molar-refractivity contribution is -0.754. The molecule has 1 aromatic heterocycles. The molecule has 5 rings (SSSR count). The summed E-state index contributed by atoms with van der Waals surface area (Å²) in [6.07, 6.45) is 10.8. The highest BCUT2D eigenvalue weighted by atomic mass is 16.3. The topological polar surface area (TPSA) is 29.8 Å². The van der Waals surface area contributed by atoms with Gasteiger partial charge in [0, 0.05) is 19.3 Å². The van der Waals surface area contributed by atoms with E-state index in [1.54, 1.807) is 6.26 Å². The molecule has 1 heterocycles. The van der Waals surface area contributed by atoms with E-state index in [4.69, 9.17) is 4.42 Å². The first-order chi connectivity index (χ1) is 8.31. The zero-order valence-corrected chi connectivity index (χ0v) is 10.4. The van der Waals surface area contributed by atoms with Crippen molar-refractivity contribution in [3.8, 4) is 0 Å². The molecule has 0 atom stereocenters. The van der Waals surface area contributed by atoms with Crippen LogP contribution in [0.2, 0.25) is 0 Å². The third kappa shape index (κ3) is 1.74. The Hall–Kier alpha value is -0.760. The van der Waals surface area contributed by atoms with Gasteiger partial charge in [-0.25, -0.2) is 0 Å². The van der Waals surface area contributed by atoms with Crippen molar-refractivity contribution in [2.24, 2.45) is 17.8 Å². The van der Waals surface area contributed by atoms with Crippen LogP contribution in [0, 0.1) is 17.8 Å². The Morgan fingerprint density at radius 2 is 1.76 bits per heavy atom. The van der Waals surface area contributed by atoms with Gasteiger partial charge >= 0.3 is 0 Å². The fraction of sp³-hybridized carbons (Fsp3) is 0.733. The minimum absolute atomic E-state index is 0.585. The molecule has 0 spiro atoms. The average Bonchev–Trinajstić information content (AvgIpc) is 2.77. The van der Waals surface area contributed by atoms with Gasteiger partial charge in [-0.1, -0.05) is 0 Å². The van der Waals surface area contributed by atoms with Crippen LogP contribution < -0.4 is 5.32 Å². The molecule has 0 aliphatic heterocycles. The van der Waals surface area contributed by atoms with Crippen LogP contribution in [0.25, 0.3) is 0 Å². The van der Waals surface area contributed by atoms with Crippen LogP contribution >= 0.6 is 0 Å². The highest BCUT2D eigenvalue weighted by Crippen LogP contribution is 2.54. The van der Waals surface area contributed by atoms with Gasteiger partial charge in [-0.15, -0.1) is 0 Å². The third-order valence-electron chi connectivity index (χ3n) is 5.40. The van der Waals surface area contributed by atoms with E-state index in [0.29, 0.717) is 5.54 Å². The fourth-order valence-electron chi connectivity index (χ4n) is 5.17. The van der Waals surface area contributed by atoms with Gasteiger partial charge in [-0.05, 0) is 49.1 Å². The predicted molar refractivity (Wildman–Crippen MR) is 65.2 cm³/mol. The van der Waals surface area contributed by atoms with E-state index in [0.717, 1.165) is 30.1 Å². The molecule has 4 saturated carbocycles. The SMILES string of the molecule is c1coc(C[NH2+]C23CC4CC(CC(C4)C2)C3)c1. The van der Waals surface area contributed by atoms with E-state index < -0.39 is 0 Å². The number of rotatable bonds is 3. The second-order valence-electron chi connectivity index (χ2n) is 6.77. The molecule has 17 heavy (non-hydrogen) atoms. The summed E-state index contributed by atoms with van der Waals surface area (Å²) >= 11 is 0. The Morgan fingerprint density at radius 1 is 1.12 bits per heavy atom. The molecule has 4 bridgehead atoms. The second kappa shape index (κ2) is 3.61. The first-order valence-corrected chi connectivity index (χ1v) is 7.18. The summed E-state index contributed by atoms with van der Waals surface area (Å²) in [6.45, 7) is 1.04. The maximum Gasteiger partial charge on any atom is 0.157 e. The predicted octanol–water partition coefficient (Wildman–Crippen LogP) is 2.31. The summed E-state index contributed by atoms with van der Waals surface area (Å²) in [5.41, 5.74) is 0.585. The zero-order chi connectivity index (χ0) is 11.3. The number of nitrogens with two attached hydrogens (primary N) is 1. The first-order valence-electron chi connectivity index (χ1n) is 7.18. The molecular weight excluding hydrogens is 210 g/mol. The number of furan rings is 1. The maximum absolute atomic E-state index is 5.47. The van der Waals surface area contributed by atoms with E-state index in [1.807, 2.05) is 6.07 Å². The molecule has 92 valence electrons. The summed E-state index contributed by atoms with van der Waals surface area (Å²) in [7, 11) is 0. The molecule has 2 N–H and O–H groups in total. The van der Waals surface area contributed by atoms with Crippen LogP contribution in [0.15, 0.2) is 22.8 Å². The van der Waals surface area contributed by atoms with Crippen molar-refractivity contribution in [2.45, 2.75) is 50.6 Å². The summed E-state index contributed by atoms with van der Waals surface area (Å²) < 4.78 is 5.47. The molecule has 2 heteroatoms. The lowest BCUT2D eigenvalue weighted by atomic mass is 9.53. The highest BCUT2D eigenvalue weighted by Gasteiger charge is 2.53. The van der Waals surface area contributed by atoms with Crippen molar-refractivity contribution < 1.29 is 9.73 Å². The van der Waals surface area contributed by atoms with Crippen LogP contribution in [-0.4, -0.2) is 5.54 Å². The third-order valence-corrected chi connectivity index (χ3v) is 5.40. The summed E-state index contributed by atoms with van der Waals surface area (Å²) in [4.78, 5) is 0. The van der Waals surface area contributed by atoms with Crippen molar-refractivity contribution >= 4 is 0 Å². The van der Waals surface area contributed by atoms with Gasteiger partial charge in [-0.2, -0.15) is 0 Å². The quantitative estimate of drug-likeness (QED) is 0.851. The van der Waals surface area contributed by atoms with Gasteiger partial charge in [0.1, 0.15) is 6.54 Å². The molecule has 2 nitrogen and oxygen atoms in total. The van der Waals surface area contributed by atoms with Crippen LogP contribution in [0.3, 0.4) is 0 Å². The van der Waals surface area contributed by atoms with Crippen molar-refractivity contribution in [3.63, 3.8) is 0 Å². The molecule has 4 aliphatic carbocycles. The van der Waals surface area contributed by atoms with Crippen LogP contribution in [-0.2, 0) is 6.54 Å². The lowest BCUT2D eigenvalue weighted by Gasteiger charge is -2.54. The van der Waals surface area contributed by atoms with Gasteiger partial charge in [0.05, 0.1) is 11.8 Å². The van der Waals surface area contributed by atoms with Crippen molar-refractivity contribution in [3.05, 3.63) is 24.2 Å². The molecule has 4 fully saturated rings. The molecule has 0 radical (unpaired) electrons. The fourth-order valence-corrected chi connectivity index (χ4v) is 5.17. The largest absolute Gasteiger partial charge is 0.463 e. The standard InChI is InChI=1S/C15H21NO/c1-2-14(17-3-1)10-16-15-7-11-4-12(8-15)6-13(5-11)9-15/h1-3,11-13,16H,4-10H2/p+1. The van der Waals surface area contributed by atoms with Crippen LogP contribution in [0.1, 0.15) is 44.3 Å². The Labute approximate surface area is 103 Å². The Balaban J connectivity index is 1.49. The molecule has 0 saturated heterocycles. The van der Waals surface area contributed by atoms with E-state index in [1.165, 1.54) is 38.5 Å². The summed E-state index contributed by atoms with van der Waals surface area (Å²) in [6, 6.07) is 4.11. The van der Waals surface area contributed by atoms with Crippen LogP contribution in [0.5, 0.6) is 0 Å². The smallest absolute Gasteiger partial charge is 0.157 e. The van der Waals surface area contributed by atoms with Gasteiger partial charge < -0.3 is 9.73 Å². The lowest BCUT2D eigenvalue weighted by Crippen LogP contribution is -2.97.